The molecule has 2 unspecified atom stereocenters. The first-order valence-corrected chi connectivity index (χ1v) is 19.4. The van der Waals surface area contributed by atoms with Gasteiger partial charge in [-0.1, -0.05) is 6.92 Å². The van der Waals surface area contributed by atoms with E-state index in [2.05, 4.69) is 56.2 Å². The molecule has 40 heavy (non-hydrogen) atoms. The van der Waals surface area contributed by atoms with Crippen molar-refractivity contribution >= 4 is 60.1 Å². The number of rotatable bonds is 14. The topological polar surface area (TPSA) is 34.1 Å². The van der Waals surface area contributed by atoms with Gasteiger partial charge in [0.15, 0.2) is 0 Å². The molecule has 0 amide bonds. The van der Waals surface area contributed by atoms with E-state index in [4.69, 9.17) is 0 Å². The molecule has 0 N–H and O–H groups in total. The molecule has 0 fully saturated rings. The van der Waals surface area contributed by atoms with Crippen LogP contribution in [0.1, 0.15) is 121 Å². The summed E-state index contributed by atoms with van der Waals surface area (Å²) in [6, 6.07) is 8.38. The summed E-state index contributed by atoms with van der Waals surface area (Å²) in [6.45, 7) is 9.05. The Morgan fingerprint density at radius 2 is 1.32 bits per heavy atom. The van der Waals surface area contributed by atoms with Crippen molar-refractivity contribution in [2.75, 3.05) is 0 Å². The molecular weight excluding hydrogens is 616 g/mol. The molecule has 2 atom stereocenters. The minimum atomic E-state index is 0.0963. The van der Waals surface area contributed by atoms with Crippen LogP contribution in [0.25, 0.3) is 19.1 Å². The Labute approximate surface area is 257 Å². The molecule has 0 aliphatic heterocycles. The number of thiophene rings is 3. The van der Waals surface area contributed by atoms with Crippen molar-refractivity contribution in [3.63, 3.8) is 0 Å². The van der Waals surface area contributed by atoms with E-state index in [1.165, 1.54) is 47.8 Å². The molecule has 5 rings (SSSR count). The molecule has 0 saturated heterocycles. The van der Waals surface area contributed by atoms with E-state index < -0.39 is 0 Å². The molecule has 6 heteroatoms. The third-order valence-electron chi connectivity index (χ3n) is 8.40. The van der Waals surface area contributed by atoms with Crippen LogP contribution in [-0.4, -0.2) is 26.1 Å². The Morgan fingerprint density at radius 1 is 0.725 bits per heavy atom. The van der Waals surface area contributed by atoms with Gasteiger partial charge < -0.3 is 0 Å². The summed E-state index contributed by atoms with van der Waals surface area (Å²) in [7, 11) is 0. The van der Waals surface area contributed by atoms with Gasteiger partial charge in [-0.05, 0) is 0 Å². The van der Waals surface area contributed by atoms with Gasteiger partial charge in [-0.3, -0.25) is 0 Å². The van der Waals surface area contributed by atoms with Gasteiger partial charge >= 0.3 is 252 Å². The molecule has 1 aliphatic rings. The van der Waals surface area contributed by atoms with Crippen LogP contribution < -0.4 is 0 Å². The van der Waals surface area contributed by atoms with Crippen molar-refractivity contribution in [1.82, 2.24) is 0 Å². The fraction of sp³-hybridized carbons (Fsp3) is 0.471. The molecular formula is C34H40O2S3Se. The Hall–Kier alpha value is -1.56. The van der Waals surface area contributed by atoms with E-state index in [9.17, 15) is 9.59 Å². The van der Waals surface area contributed by atoms with Gasteiger partial charge in [0.1, 0.15) is 0 Å². The molecule has 4 aromatic heterocycles. The average Bonchev–Trinajstić information content (AvgIpc) is 3.77. The van der Waals surface area contributed by atoms with Crippen molar-refractivity contribution in [1.29, 1.82) is 0 Å². The Morgan fingerprint density at radius 3 is 1.80 bits per heavy atom. The third kappa shape index (κ3) is 5.85. The minimum absolute atomic E-state index is 0.0963. The second-order valence-corrected chi connectivity index (χ2v) is 16.2. The van der Waals surface area contributed by atoms with Crippen molar-refractivity contribution in [2.24, 2.45) is 11.8 Å². The molecule has 0 saturated carbocycles. The maximum atomic E-state index is 14.7. The van der Waals surface area contributed by atoms with Gasteiger partial charge in [0.05, 0.1) is 0 Å². The number of carbonyl (C=O) groups excluding carboxylic acids is 2. The van der Waals surface area contributed by atoms with Crippen LogP contribution in [0.15, 0.2) is 34.6 Å². The summed E-state index contributed by atoms with van der Waals surface area (Å²) in [5.41, 5.74) is 2.87. The van der Waals surface area contributed by atoms with Crippen molar-refractivity contribution < 1.29 is 9.59 Å². The van der Waals surface area contributed by atoms with Crippen LogP contribution >= 0.6 is 34.0 Å². The molecule has 4 heterocycles. The normalized spacial score (nSPS) is 14.4. The van der Waals surface area contributed by atoms with Gasteiger partial charge in [0.25, 0.3) is 0 Å². The second kappa shape index (κ2) is 13.6. The van der Waals surface area contributed by atoms with E-state index in [-0.39, 0.29) is 26.1 Å². The standard InChI is InChI=1S/C34H40O2S3Se/c1-5-9-13-21(7-3)19-24-27-28(25(38-24)20-22(8-4)14-10-6-2)32(36)30-29(31(27)35)33(23-15-11-17-37-23)39-34(30)26-16-12-18-40-26/h11-12,15-18,21-22H,5-10,13-14,19-20H2,1-4H3. The zero-order valence-corrected chi connectivity index (χ0v) is 28.3. The van der Waals surface area contributed by atoms with Crippen LogP contribution in [-0.2, 0) is 12.8 Å². The van der Waals surface area contributed by atoms with Crippen LogP contribution in [0, 0.1) is 11.8 Å². The number of carbonyl (C=O) groups is 2. The average molecular weight is 656 g/mol. The molecule has 4 aromatic rings. The molecule has 0 radical (unpaired) electrons. The first kappa shape index (κ1) is 29.9. The van der Waals surface area contributed by atoms with Gasteiger partial charge in [-0.15, -0.1) is 0 Å². The molecule has 1 aliphatic carbocycles. The number of hydrogen-bond acceptors (Lipinski definition) is 5. The number of unbranched alkanes of at least 4 members (excludes halogenated alkanes) is 2. The first-order valence-electron chi connectivity index (χ1n) is 15.0. The van der Waals surface area contributed by atoms with Gasteiger partial charge in [0, 0.05) is 0 Å². The molecule has 0 aromatic carbocycles. The van der Waals surface area contributed by atoms with Crippen LogP contribution in [0.2, 0.25) is 0 Å². The van der Waals surface area contributed by atoms with Gasteiger partial charge in [0.2, 0.25) is 0 Å². The number of fused-ring (bicyclic) bond motifs is 2. The zero-order chi connectivity index (χ0) is 28.2. The number of ketones is 2. The zero-order valence-electron chi connectivity index (χ0n) is 24.1. The van der Waals surface area contributed by atoms with E-state index in [0.29, 0.717) is 23.0 Å². The Kier molecular flexibility index (Phi) is 10.2. The van der Waals surface area contributed by atoms with E-state index in [1.54, 1.807) is 34.0 Å². The Bertz CT molecular complexity index is 1330. The summed E-state index contributed by atoms with van der Waals surface area (Å²) >= 11 is 5.31. The number of hydrogen-bond donors (Lipinski definition) is 0. The van der Waals surface area contributed by atoms with E-state index in [1.807, 2.05) is 6.07 Å². The predicted molar refractivity (Wildman–Crippen MR) is 175 cm³/mol. The quantitative estimate of drug-likeness (QED) is 0.112. The van der Waals surface area contributed by atoms with Crippen molar-refractivity contribution in [2.45, 2.75) is 91.9 Å². The third-order valence-corrected chi connectivity index (χ3v) is 14.1. The van der Waals surface area contributed by atoms with Crippen LogP contribution in [0.5, 0.6) is 0 Å². The molecule has 0 bridgehead atoms. The maximum absolute atomic E-state index is 14.7. The van der Waals surface area contributed by atoms with Crippen LogP contribution in [0.4, 0.5) is 0 Å². The predicted octanol–water partition coefficient (Wildman–Crippen LogP) is 10.6. The molecule has 2 nitrogen and oxygen atoms in total. The summed E-state index contributed by atoms with van der Waals surface area (Å²) in [4.78, 5) is 37.0. The SMILES string of the molecule is CCCCC(CC)Cc1sc(CC(CC)CCCC)c2c1C(=O)c1c(-c3cccs3)sc(-c3ccc[se]3)c1C2=O. The van der Waals surface area contributed by atoms with Gasteiger partial charge in [-0.2, -0.15) is 0 Å². The monoisotopic (exact) mass is 656 g/mol. The van der Waals surface area contributed by atoms with Gasteiger partial charge in [-0.25, -0.2) is 0 Å². The summed E-state index contributed by atoms with van der Waals surface area (Å²) in [5, 5.41) is 2.07. The van der Waals surface area contributed by atoms with Crippen LogP contribution in [0.3, 0.4) is 0 Å². The fourth-order valence-corrected chi connectivity index (χ4v) is 11.5. The van der Waals surface area contributed by atoms with E-state index in [0.717, 1.165) is 56.3 Å². The summed E-state index contributed by atoms with van der Waals surface area (Å²) < 4.78 is 1.22. The molecule has 0 spiro atoms. The fourth-order valence-electron chi connectivity index (χ4n) is 5.99. The van der Waals surface area contributed by atoms with E-state index >= 15 is 0 Å². The van der Waals surface area contributed by atoms with Crippen molar-refractivity contribution in [3.8, 4) is 19.1 Å². The first-order chi connectivity index (χ1) is 19.5. The molecule has 212 valence electrons. The Balaban J connectivity index is 1.67. The second-order valence-electron chi connectivity index (χ2n) is 11.1. The summed E-state index contributed by atoms with van der Waals surface area (Å²) in [5.74, 6) is 1.30. The van der Waals surface area contributed by atoms with Crippen molar-refractivity contribution in [3.05, 3.63) is 66.6 Å². The summed E-state index contributed by atoms with van der Waals surface area (Å²) in [6.07, 6.45) is 11.2.